The van der Waals surface area contributed by atoms with Crippen LogP contribution in [0.3, 0.4) is 0 Å². The summed E-state index contributed by atoms with van der Waals surface area (Å²) in [4.78, 5) is 16.6. The number of anilines is 1. The van der Waals surface area contributed by atoms with Gasteiger partial charge in [-0.25, -0.2) is 13.4 Å². The maximum Gasteiger partial charge on any atom is 0.243 e. The van der Waals surface area contributed by atoms with Crippen molar-refractivity contribution < 1.29 is 17.9 Å². The van der Waals surface area contributed by atoms with Crippen molar-refractivity contribution in [2.75, 3.05) is 25.5 Å². The van der Waals surface area contributed by atoms with Gasteiger partial charge >= 0.3 is 0 Å². The smallest absolute Gasteiger partial charge is 0.243 e. The number of hydrogen-bond donors (Lipinski definition) is 1. The van der Waals surface area contributed by atoms with Gasteiger partial charge in [-0.1, -0.05) is 0 Å². The molecule has 1 aliphatic rings. The molecule has 1 fully saturated rings. The van der Waals surface area contributed by atoms with Crippen LogP contribution < -0.4 is 10.1 Å². The fourth-order valence-corrected chi connectivity index (χ4v) is 4.82. The molecule has 0 radical (unpaired) electrons. The van der Waals surface area contributed by atoms with Gasteiger partial charge in [-0.2, -0.15) is 4.31 Å². The quantitative estimate of drug-likeness (QED) is 0.858. The Kier molecular flexibility index (Phi) is 5.36. The number of rotatable bonds is 5. The molecule has 0 bridgehead atoms. The van der Waals surface area contributed by atoms with Gasteiger partial charge in [-0.05, 0) is 37.1 Å². The summed E-state index contributed by atoms with van der Waals surface area (Å²) in [5.74, 6) is 0.0218. The molecule has 134 valence electrons. The van der Waals surface area contributed by atoms with Crippen LogP contribution in [0.4, 0.5) is 5.13 Å². The Balaban J connectivity index is 1.72. The third-order valence-electron chi connectivity index (χ3n) is 4.11. The predicted octanol–water partition coefficient (Wildman–Crippen LogP) is 2.19. The van der Waals surface area contributed by atoms with Crippen molar-refractivity contribution >= 4 is 32.4 Å². The fraction of sp³-hybridized carbons (Fsp3) is 0.375. The maximum atomic E-state index is 12.8. The highest BCUT2D eigenvalue weighted by molar-refractivity contribution is 7.89. The van der Waals surface area contributed by atoms with Gasteiger partial charge in [0.05, 0.1) is 17.9 Å². The zero-order chi connectivity index (χ0) is 17.9. The second-order valence-electron chi connectivity index (χ2n) is 5.70. The molecule has 1 amide bonds. The lowest BCUT2D eigenvalue weighted by Gasteiger charge is -2.31. The molecule has 3 rings (SSSR count). The number of methoxy groups -OCH3 is 1. The van der Waals surface area contributed by atoms with Crippen LogP contribution in [0, 0.1) is 5.92 Å². The second-order valence-corrected chi connectivity index (χ2v) is 8.54. The third-order valence-corrected chi connectivity index (χ3v) is 6.68. The highest BCUT2D eigenvalue weighted by atomic mass is 32.2. The van der Waals surface area contributed by atoms with E-state index in [4.69, 9.17) is 4.74 Å². The average Bonchev–Trinajstić information content (AvgIpc) is 3.15. The van der Waals surface area contributed by atoms with Gasteiger partial charge < -0.3 is 10.1 Å². The largest absolute Gasteiger partial charge is 0.497 e. The minimum absolute atomic E-state index is 0.172. The highest BCUT2D eigenvalue weighted by Gasteiger charge is 2.33. The molecule has 2 heterocycles. The van der Waals surface area contributed by atoms with E-state index in [1.165, 1.54) is 34.9 Å². The van der Waals surface area contributed by atoms with Crippen molar-refractivity contribution in [1.82, 2.24) is 9.29 Å². The molecule has 9 heteroatoms. The number of hydrogen-bond acceptors (Lipinski definition) is 6. The molecule has 1 N–H and O–H groups in total. The predicted molar refractivity (Wildman–Crippen MR) is 95.2 cm³/mol. The first-order valence-electron chi connectivity index (χ1n) is 7.85. The van der Waals surface area contributed by atoms with Gasteiger partial charge in [0.1, 0.15) is 5.75 Å². The van der Waals surface area contributed by atoms with Crippen LogP contribution in [-0.2, 0) is 14.8 Å². The number of piperidine rings is 1. The maximum absolute atomic E-state index is 12.8. The first kappa shape index (κ1) is 17.8. The van der Waals surface area contributed by atoms with E-state index in [0.29, 0.717) is 30.3 Å². The van der Waals surface area contributed by atoms with Crippen LogP contribution in [-0.4, -0.2) is 43.8 Å². The Morgan fingerprint density at radius 1 is 1.36 bits per heavy atom. The summed E-state index contributed by atoms with van der Waals surface area (Å²) in [5.41, 5.74) is 0. The summed E-state index contributed by atoms with van der Waals surface area (Å²) in [6.07, 6.45) is 2.92. The second kappa shape index (κ2) is 7.51. The van der Waals surface area contributed by atoms with E-state index in [1.54, 1.807) is 23.7 Å². The van der Waals surface area contributed by atoms with Crippen LogP contribution in [0.1, 0.15) is 12.8 Å². The van der Waals surface area contributed by atoms with Crippen LogP contribution in [0.25, 0.3) is 0 Å². The molecule has 1 saturated heterocycles. The number of benzene rings is 1. The van der Waals surface area contributed by atoms with Crippen molar-refractivity contribution in [2.45, 2.75) is 17.7 Å². The Labute approximate surface area is 150 Å². The summed E-state index contributed by atoms with van der Waals surface area (Å²) in [7, 11) is -2.10. The van der Waals surface area contributed by atoms with Crippen LogP contribution in [0.2, 0.25) is 0 Å². The van der Waals surface area contributed by atoms with Gasteiger partial charge in [0.2, 0.25) is 15.9 Å². The number of aromatic nitrogens is 1. The number of amides is 1. The summed E-state index contributed by atoms with van der Waals surface area (Å²) in [6, 6.07) is 6.27. The summed E-state index contributed by atoms with van der Waals surface area (Å²) < 4.78 is 32.1. The first-order chi connectivity index (χ1) is 12.0. The first-order valence-corrected chi connectivity index (χ1v) is 10.2. The molecule has 1 aromatic carbocycles. The molecule has 1 atom stereocenters. The van der Waals surface area contributed by atoms with Crippen LogP contribution in [0.15, 0.2) is 40.7 Å². The van der Waals surface area contributed by atoms with Crippen molar-refractivity contribution in [3.8, 4) is 5.75 Å². The standard InChI is InChI=1S/C16H19N3O4S2/c1-23-13-4-6-14(7-5-13)25(21,22)19-9-2-3-12(11-19)15(20)18-16-17-8-10-24-16/h4-8,10,12H,2-3,9,11H2,1H3,(H,17,18,20)/t12-/m0/s1. The number of carbonyl (C=O) groups excluding carboxylic acids is 1. The zero-order valence-corrected chi connectivity index (χ0v) is 15.3. The molecule has 1 aromatic heterocycles. The van der Waals surface area contributed by atoms with E-state index in [-0.39, 0.29) is 23.3 Å². The Morgan fingerprint density at radius 3 is 2.76 bits per heavy atom. The van der Waals surface area contributed by atoms with Gasteiger partial charge in [0.15, 0.2) is 5.13 Å². The number of sulfonamides is 1. The minimum Gasteiger partial charge on any atom is -0.497 e. The normalized spacial score (nSPS) is 18.7. The van der Waals surface area contributed by atoms with E-state index in [0.717, 1.165) is 0 Å². The molecule has 0 aliphatic carbocycles. The van der Waals surface area contributed by atoms with Crippen LogP contribution >= 0.6 is 11.3 Å². The monoisotopic (exact) mass is 381 g/mol. The van der Waals surface area contributed by atoms with Gasteiger partial charge in [0.25, 0.3) is 0 Å². The van der Waals surface area contributed by atoms with E-state index < -0.39 is 10.0 Å². The lowest BCUT2D eigenvalue weighted by atomic mass is 9.99. The molecule has 1 aliphatic heterocycles. The molecule has 0 unspecified atom stereocenters. The summed E-state index contributed by atoms with van der Waals surface area (Å²) >= 11 is 1.34. The van der Waals surface area contributed by atoms with Gasteiger partial charge in [-0.3, -0.25) is 4.79 Å². The van der Waals surface area contributed by atoms with Crippen molar-refractivity contribution in [1.29, 1.82) is 0 Å². The lowest BCUT2D eigenvalue weighted by molar-refractivity contribution is -0.120. The number of thiazole rings is 1. The van der Waals surface area contributed by atoms with Crippen molar-refractivity contribution in [3.63, 3.8) is 0 Å². The van der Waals surface area contributed by atoms with E-state index >= 15 is 0 Å². The van der Waals surface area contributed by atoms with Crippen molar-refractivity contribution in [3.05, 3.63) is 35.8 Å². The third kappa shape index (κ3) is 4.00. The van der Waals surface area contributed by atoms with Crippen LogP contribution in [0.5, 0.6) is 5.75 Å². The Bertz CT molecular complexity index is 820. The van der Waals surface area contributed by atoms with Gasteiger partial charge in [-0.15, -0.1) is 11.3 Å². The number of nitrogens with zero attached hydrogens (tertiary/aromatic N) is 2. The van der Waals surface area contributed by atoms with E-state index in [9.17, 15) is 13.2 Å². The summed E-state index contributed by atoms with van der Waals surface area (Å²) in [6.45, 7) is 0.584. The molecule has 0 saturated carbocycles. The number of ether oxygens (including phenoxy) is 1. The Morgan fingerprint density at radius 2 is 2.12 bits per heavy atom. The SMILES string of the molecule is COc1ccc(S(=O)(=O)N2CCC[C@H](C(=O)Nc3nccs3)C2)cc1. The number of carbonyl (C=O) groups is 1. The fourth-order valence-electron chi connectivity index (χ4n) is 2.76. The van der Waals surface area contributed by atoms with E-state index in [2.05, 4.69) is 10.3 Å². The lowest BCUT2D eigenvalue weighted by Crippen LogP contribution is -2.43. The zero-order valence-electron chi connectivity index (χ0n) is 13.7. The topological polar surface area (TPSA) is 88.6 Å². The molecule has 0 spiro atoms. The highest BCUT2D eigenvalue weighted by Crippen LogP contribution is 2.26. The Hall–Kier alpha value is -1.97. The van der Waals surface area contributed by atoms with Gasteiger partial charge in [0, 0.05) is 24.7 Å². The molecule has 2 aromatic rings. The average molecular weight is 381 g/mol. The molecular formula is C16H19N3O4S2. The van der Waals surface area contributed by atoms with E-state index in [1.807, 2.05) is 0 Å². The minimum atomic E-state index is -3.63. The molecule has 7 nitrogen and oxygen atoms in total. The number of nitrogens with one attached hydrogen (secondary N) is 1. The summed E-state index contributed by atoms with van der Waals surface area (Å²) in [5, 5.41) is 5.05. The van der Waals surface area contributed by atoms with Crippen molar-refractivity contribution in [2.24, 2.45) is 5.92 Å². The molecule has 25 heavy (non-hydrogen) atoms. The molecular weight excluding hydrogens is 362 g/mol.